The van der Waals surface area contributed by atoms with Crippen LogP contribution in [0.3, 0.4) is 0 Å². The van der Waals surface area contributed by atoms with E-state index >= 15 is 0 Å². The standard InChI is InChI=1S/C8H15BO2/c1-3-9(4-2)8(5-6-8)7(10)11/h3-6H2,1-2H3,(H,10,11). The van der Waals surface area contributed by atoms with Crippen molar-refractivity contribution < 1.29 is 9.90 Å². The molecule has 0 aromatic carbocycles. The molecule has 0 amide bonds. The Morgan fingerprint density at radius 2 is 1.91 bits per heavy atom. The van der Waals surface area contributed by atoms with Crippen LogP contribution in [-0.2, 0) is 4.79 Å². The zero-order valence-electron chi connectivity index (χ0n) is 7.26. The summed E-state index contributed by atoms with van der Waals surface area (Å²) in [6, 6.07) is 0. The van der Waals surface area contributed by atoms with Crippen LogP contribution in [0.1, 0.15) is 26.7 Å². The van der Waals surface area contributed by atoms with Gasteiger partial charge in [-0.05, 0) is 12.8 Å². The Kier molecular flexibility index (Phi) is 2.26. The Morgan fingerprint density at radius 3 is 2.00 bits per heavy atom. The van der Waals surface area contributed by atoms with Gasteiger partial charge in [-0.3, -0.25) is 4.79 Å². The molecule has 0 atom stereocenters. The predicted molar refractivity (Wildman–Crippen MR) is 46.3 cm³/mol. The summed E-state index contributed by atoms with van der Waals surface area (Å²) >= 11 is 0. The lowest BCUT2D eigenvalue weighted by Gasteiger charge is -2.16. The lowest BCUT2D eigenvalue weighted by atomic mass is 9.35. The van der Waals surface area contributed by atoms with Gasteiger partial charge in [-0.1, -0.05) is 26.5 Å². The van der Waals surface area contributed by atoms with E-state index in [-0.39, 0.29) is 5.31 Å². The minimum absolute atomic E-state index is 0.316. The Bertz CT molecular complexity index is 159. The number of hydrogen-bond acceptors (Lipinski definition) is 1. The summed E-state index contributed by atoms with van der Waals surface area (Å²) in [5, 5.41) is 8.62. The van der Waals surface area contributed by atoms with Crippen LogP contribution in [0.25, 0.3) is 0 Å². The van der Waals surface area contributed by atoms with Crippen molar-refractivity contribution in [3.8, 4) is 0 Å². The van der Waals surface area contributed by atoms with Crippen molar-refractivity contribution in [1.82, 2.24) is 0 Å². The monoisotopic (exact) mass is 154 g/mol. The second-order valence-electron chi connectivity index (χ2n) is 3.47. The number of hydrogen-bond donors (Lipinski definition) is 1. The van der Waals surface area contributed by atoms with Crippen molar-refractivity contribution in [2.75, 3.05) is 0 Å². The van der Waals surface area contributed by atoms with Gasteiger partial charge in [0.15, 0.2) is 6.71 Å². The summed E-state index contributed by atoms with van der Waals surface area (Å²) in [6.07, 6.45) is 3.80. The van der Waals surface area contributed by atoms with Crippen LogP contribution >= 0.6 is 0 Å². The maximum atomic E-state index is 10.8. The molecule has 62 valence electrons. The molecule has 0 aromatic rings. The van der Waals surface area contributed by atoms with E-state index in [4.69, 9.17) is 5.11 Å². The molecule has 3 heteroatoms. The van der Waals surface area contributed by atoms with E-state index in [0.29, 0.717) is 6.71 Å². The quantitative estimate of drug-likeness (QED) is 0.629. The fraction of sp³-hybridized carbons (Fsp3) is 0.875. The van der Waals surface area contributed by atoms with Crippen LogP contribution in [-0.4, -0.2) is 17.8 Å². The van der Waals surface area contributed by atoms with Gasteiger partial charge in [-0.15, -0.1) is 0 Å². The molecule has 0 bridgehead atoms. The van der Waals surface area contributed by atoms with E-state index in [9.17, 15) is 4.79 Å². The van der Waals surface area contributed by atoms with Gasteiger partial charge in [-0.2, -0.15) is 0 Å². The summed E-state index contributed by atoms with van der Waals surface area (Å²) in [7, 11) is 0. The van der Waals surface area contributed by atoms with Gasteiger partial charge in [0.1, 0.15) is 0 Å². The Hall–Kier alpha value is -0.465. The summed E-state index contributed by atoms with van der Waals surface area (Å²) in [4.78, 5) is 10.8. The second-order valence-corrected chi connectivity index (χ2v) is 3.47. The molecular formula is C8H15BO2. The molecule has 1 saturated carbocycles. The third kappa shape index (κ3) is 1.28. The van der Waals surface area contributed by atoms with E-state index in [0.717, 1.165) is 25.5 Å². The van der Waals surface area contributed by atoms with Gasteiger partial charge in [-0.25, -0.2) is 0 Å². The molecule has 1 fully saturated rings. The van der Waals surface area contributed by atoms with Gasteiger partial charge < -0.3 is 5.11 Å². The molecule has 0 spiro atoms. The molecule has 0 aromatic heterocycles. The third-order valence-electron chi connectivity index (χ3n) is 2.98. The third-order valence-corrected chi connectivity index (χ3v) is 2.98. The topological polar surface area (TPSA) is 37.3 Å². The molecule has 1 aliphatic carbocycles. The van der Waals surface area contributed by atoms with E-state index < -0.39 is 5.97 Å². The van der Waals surface area contributed by atoms with E-state index in [1.54, 1.807) is 0 Å². The number of carboxylic acid groups (broad SMARTS) is 1. The number of carbonyl (C=O) groups is 1. The first kappa shape index (κ1) is 8.63. The Labute approximate surface area is 68.1 Å². The van der Waals surface area contributed by atoms with Crippen molar-refractivity contribution in [2.24, 2.45) is 0 Å². The minimum atomic E-state index is -0.578. The Balaban J connectivity index is 2.63. The average Bonchev–Trinajstić information content (AvgIpc) is 2.71. The van der Waals surface area contributed by atoms with Crippen molar-refractivity contribution in [2.45, 2.75) is 44.6 Å². The first-order valence-corrected chi connectivity index (χ1v) is 4.40. The SMILES string of the molecule is CCB(CC)C1(C(=O)O)CC1. The van der Waals surface area contributed by atoms with E-state index in [1.165, 1.54) is 0 Å². The Morgan fingerprint density at radius 1 is 1.45 bits per heavy atom. The maximum Gasteiger partial charge on any atom is 0.302 e. The van der Waals surface area contributed by atoms with Crippen molar-refractivity contribution >= 4 is 12.7 Å². The van der Waals surface area contributed by atoms with Crippen LogP contribution in [0, 0.1) is 0 Å². The normalized spacial score (nSPS) is 19.5. The summed E-state index contributed by atoms with van der Waals surface area (Å²) in [6.45, 7) is 4.56. The second kappa shape index (κ2) is 2.88. The zero-order chi connectivity index (χ0) is 8.48. The lowest BCUT2D eigenvalue weighted by molar-refractivity contribution is -0.137. The van der Waals surface area contributed by atoms with Crippen LogP contribution in [0.5, 0.6) is 0 Å². The van der Waals surface area contributed by atoms with Crippen molar-refractivity contribution in [3.05, 3.63) is 0 Å². The number of aliphatic carboxylic acids is 1. The van der Waals surface area contributed by atoms with Crippen LogP contribution < -0.4 is 0 Å². The highest BCUT2D eigenvalue weighted by atomic mass is 16.4. The summed E-state index contributed by atoms with van der Waals surface area (Å²) < 4.78 is 0. The fourth-order valence-corrected chi connectivity index (χ4v) is 2.00. The smallest absolute Gasteiger partial charge is 0.302 e. The molecule has 1 N–H and O–H groups in total. The van der Waals surface area contributed by atoms with E-state index in [2.05, 4.69) is 13.8 Å². The van der Waals surface area contributed by atoms with Gasteiger partial charge in [0.25, 0.3) is 0 Å². The van der Waals surface area contributed by atoms with Crippen LogP contribution in [0.4, 0.5) is 0 Å². The average molecular weight is 154 g/mol. The largest absolute Gasteiger partial charge is 0.481 e. The number of rotatable bonds is 4. The van der Waals surface area contributed by atoms with Crippen LogP contribution in [0.15, 0.2) is 0 Å². The molecule has 11 heavy (non-hydrogen) atoms. The van der Waals surface area contributed by atoms with Crippen LogP contribution in [0.2, 0.25) is 18.0 Å². The molecule has 2 nitrogen and oxygen atoms in total. The fourth-order valence-electron chi connectivity index (χ4n) is 2.00. The molecule has 1 aliphatic rings. The first-order chi connectivity index (χ1) is 5.17. The van der Waals surface area contributed by atoms with Crippen molar-refractivity contribution in [3.63, 3.8) is 0 Å². The summed E-state index contributed by atoms with van der Waals surface area (Å²) in [5.74, 6) is -0.578. The zero-order valence-corrected chi connectivity index (χ0v) is 7.26. The summed E-state index contributed by atoms with van der Waals surface area (Å²) in [5.41, 5.74) is 0. The molecule has 0 unspecified atom stereocenters. The van der Waals surface area contributed by atoms with Gasteiger partial charge in [0.2, 0.25) is 0 Å². The lowest BCUT2D eigenvalue weighted by Crippen LogP contribution is -2.26. The maximum absolute atomic E-state index is 10.8. The van der Waals surface area contributed by atoms with Gasteiger partial charge >= 0.3 is 5.97 Å². The molecule has 0 heterocycles. The highest BCUT2D eigenvalue weighted by Gasteiger charge is 2.55. The predicted octanol–water partition coefficient (Wildman–Crippen LogP) is 2.14. The van der Waals surface area contributed by atoms with Crippen molar-refractivity contribution in [1.29, 1.82) is 0 Å². The molecule has 0 saturated heterocycles. The molecule has 0 aliphatic heterocycles. The first-order valence-electron chi connectivity index (χ1n) is 4.40. The molecule has 0 radical (unpaired) electrons. The van der Waals surface area contributed by atoms with E-state index in [1.807, 2.05) is 0 Å². The minimum Gasteiger partial charge on any atom is -0.481 e. The molecule has 1 rings (SSSR count). The highest BCUT2D eigenvalue weighted by Crippen LogP contribution is 2.57. The van der Waals surface area contributed by atoms with Gasteiger partial charge in [0, 0.05) is 5.31 Å². The highest BCUT2D eigenvalue weighted by molar-refractivity contribution is 6.67. The molecular weight excluding hydrogens is 139 g/mol. The van der Waals surface area contributed by atoms with Gasteiger partial charge in [0.05, 0.1) is 0 Å². The number of carboxylic acids is 1.